The maximum Gasteiger partial charge on any atom is 0.295 e. The lowest BCUT2D eigenvalue weighted by Crippen LogP contribution is -2.28. The van der Waals surface area contributed by atoms with Crippen LogP contribution in [0.5, 0.6) is 0 Å². The van der Waals surface area contributed by atoms with E-state index in [9.17, 15) is 4.79 Å². The third-order valence-electron chi connectivity index (χ3n) is 4.25. The fourth-order valence-corrected chi connectivity index (χ4v) is 2.83. The minimum absolute atomic E-state index is 0.173. The van der Waals surface area contributed by atoms with Crippen molar-refractivity contribution in [3.8, 4) is 5.69 Å². The monoisotopic (exact) mass is 379 g/mol. The topological polar surface area (TPSA) is 63.4 Å². The lowest BCUT2D eigenvalue weighted by Gasteiger charge is -2.07. The number of aromatic nitrogens is 2. The highest BCUT2D eigenvalue weighted by atomic mass is 32.1. The highest BCUT2D eigenvalue weighted by molar-refractivity contribution is 7.80. The van der Waals surface area contributed by atoms with Crippen molar-refractivity contribution in [1.29, 1.82) is 0 Å². The van der Waals surface area contributed by atoms with Crippen molar-refractivity contribution in [2.75, 3.05) is 5.32 Å². The van der Waals surface area contributed by atoms with E-state index in [1.165, 1.54) is 5.56 Å². The lowest BCUT2D eigenvalue weighted by molar-refractivity contribution is 0.630. The van der Waals surface area contributed by atoms with Gasteiger partial charge in [0.1, 0.15) is 5.69 Å². The third kappa shape index (κ3) is 4.15. The van der Waals surface area contributed by atoms with Crippen LogP contribution < -0.4 is 16.3 Å². The van der Waals surface area contributed by atoms with E-state index in [1.54, 1.807) is 15.6 Å². The van der Waals surface area contributed by atoms with Crippen molar-refractivity contribution in [2.24, 2.45) is 12.1 Å². The minimum Gasteiger partial charge on any atom is -0.325 e. The Labute approximate surface area is 163 Å². The fraction of sp³-hybridized carbons (Fsp3) is 0.150. The minimum atomic E-state index is -0.173. The van der Waals surface area contributed by atoms with E-state index in [4.69, 9.17) is 12.2 Å². The summed E-state index contributed by atoms with van der Waals surface area (Å²) in [4.78, 5) is 12.8. The molecule has 0 radical (unpaired) electrons. The molecule has 1 aromatic heterocycles. The van der Waals surface area contributed by atoms with Gasteiger partial charge in [-0.05, 0) is 43.8 Å². The second-order valence-electron chi connectivity index (χ2n) is 6.17. The summed E-state index contributed by atoms with van der Waals surface area (Å²) in [7, 11) is 1.83. The molecule has 0 saturated carbocycles. The first-order chi connectivity index (χ1) is 13.0. The molecule has 6 nitrogen and oxygen atoms in total. The van der Waals surface area contributed by atoms with Crippen molar-refractivity contribution in [2.45, 2.75) is 13.8 Å². The van der Waals surface area contributed by atoms with Crippen molar-refractivity contribution >= 4 is 29.2 Å². The number of nitrogens with one attached hydrogen (secondary N) is 2. The van der Waals surface area contributed by atoms with Gasteiger partial charge in [-0.3, -0.25) is 14.9 Å². The predicted molar refractivity (Wildman–Crippen MR) is 114 cm³/mol. The highest BCUT2D eigenvalue weighted by Crippen LogP contribution is 2.13. The van der Waals surface area contributed by atoms with Crippen LogP contribution in [0.3, 0.4) is 0 Å². The molecule has 0 aliphatic heterocycles. The predicted octanol–water partition coefficient (Wildman–Crippen LogP) is 3.11. The van der Waals surface area contributed by atoms with Gasteiger partial charge in [-0.25, -0.2) is 4.68 Å². The maximum absolute atomic E-state index is 12.8. The standard InChI is InChI=1S/C20H21N5OS/c1-14-9-11-16(12-10-14)13-21-23-20(27)22-18-15(2)24(3)25(19(18)26)17-7-5-4-6-8-17/h4-13H,1-3H3,(H2,22,23,27). The number of nitrogens with zero attached hydrogens (tertiary/aromatic N) is 3. The Morgan fingerprint density at radius 2 is 1.74 bits per heavy atom. The Balaban J connectivity index is 1.75. The molecule has 1 heterocycles. The molecule has 2 aromatic carbocycles. The van der Waals surface area contributed by atoms with Gasteiger partial charge in [-0.1, -0.05) is 48.0 Å². The second-order valence-corrected chi connectivity index (χ2v) is 6.58. The molecule has 0 amide bonds. The fourth-order valence-electron chi connectivity index (χ4n) is 2.67. The zero-order chi connectivity index (χ0) is 19.4. The Kier molecular flexibility index (Phi) is 5.52. The molecule has 7 heteroatoms. The lowest BCUT2D eigenvalue weighted by atomic mass is 10.2. The van der Waals surface area contributed by atoms with Crippen molar-refractivity contribution in [3.63, 3.8) is 0 Å². The molecule has 0 aliphatic carbocycles. The van der Waals surface area contributed by atoms with Gasteiger partial charge in [-0.2, -0.15) is 5.10 Å². The van der Waals surface area contributed by atoms with Crippen molar-refractivity contribution < 1.29 is 0 Å². The van der Waals surface area contributed by atoms with Gasteiger partial charge in [0.15, 0.2) is 5.11 Å². The number of rotatable bonds is 4. The van der Waals surface area contributed by atoms with Crippen LogP contribution in [0.4, 0.5) is 5.69 Å². The summed E-state index contributed by atoms with van der Waals surface area (Å²) in [5.41, 5.74) is 6.70. The number of anilines is 1. The summed E-state index contributed by atoms with van der Waals surface area (Å²) in [5, 5.41) is 7.33. The second kappa shape index (κ2) is 8.01. The molecule has 0 aliphatic rings. The average molecular weight is 379 g/mol. The summed E-state index contributed by atoms with van der Waals surface area (Å²) in [6.45, 7) is 3.89. The van der Waals surface area contributed by atoms with Gasteiger partial charge in [-0.15, -0.1) is 0 Å². The number of benzene rings is 2. The molecule has 0 spiro atoms. The quantitative estimate of drug-likeness (QED) is 0.415. The highest BCUT2D eigenvalue weighted by Gasteiger charge is 2.16. The van der Waals surface area contributed by atoms with Gasteiger partial charge in [0.05, 0.1) is 17.6 Å². The largest absolute Gasteiger partial charge is 0.325 e. The molecular weight excluding hydrogens is 358 g/mol. The van der Waals surface area contributed by atoms with E-state index in [-0.39, 0.29) is 10.7 Å². The van der Waals surface area contributed by atoms with Gasteiger partial charge in [0.2, 0.25) is 0 Å². The third-order valence-corrected chi connectivity index (χ3v) is 4.44. The van der Waals surface area contributed by atoms with Crippen LogP contribution in [0.25, 0.3) is 5.69 Å². The summed E-state index contributed by atoms with van der Waals surface area (Å²) < 4.78 is 3.38. The number of thiocarbonyl (C=S) groups is 1. The molecular formula is C20H21N5OS. The SMILES string of the molecule is Cc1ccc(C=NNC(=S)Nc2c(C)n(C)n(-c3ccccc3)c2=O)cc1. The van der Waals surface area contributed by atoms with Crippen molar-refractivity contribution in [3.05, 3.63) is 81.8 Å². The summed E-state index contributed by atoms with van der Waals surface area (Å²) in [6.07, 6.45) is 1.67. The van der Waals surface area contributed by atoms with E-state index >= 15 is 0 Å². The van der Waals surface area contributed by atoms with Gasteiger partial charge < -0.3 is 5.32 Å². The Bertz CT molecular complexity index is 1030. The van der Waals surface area contributed by atoms with Crippen LogP contribution in [-0.2, 0) is 7.05 Å². The number of para-hydroxylation sites is 1. The van der Waals surface area contributed by atoms with Crippen LogP contribution in [0.1, 0.15) is 16.8 Å². The molecule has 2 N–H and O–H groups in total. The number of hydrogen-bond acceptors (Lipinski definition) is 3. The van der Waals surface area contributed by atoms with E-state index in [0.717, 1.165) is 16.9 Å². The smallest absolute Gasteiger partial charge is 0.295 e. The average Bonchev–Trinajstić information content (AvgIpc) is 2.87. The normalized spacial score (nSPS) is 10.9. The molecule has 0 bridgehead atoms. The van der Waals surface area contributed by atoms with Crippen LogP contribution in [-0.4, -0.2) is 20.7 Å². The number of hydrogen-bond donors (Lipinski definition) is 2. The molecule has 3 rings (SSSR count). The summed E-state index contributed by atoms with van der Waals surface area (Å²) in [5.74, 6) is 0. The Morgan fingerprint density at radius 3 is 2.41 bits per heavy atom. The summed E-state index contributed by atoms with van der Waals surface area (Å²) in [6, 6.07) is 17.4. The van der Waals surface area contributed by atoms with Crippen LogP contribution >= 0.6 is 12.2 Å². The van der Waals surface area contributed by atoms with E-state index in [0.29, 0.717) is 5.69 Å². The molecule has 3 aromatic rings. The van der Waals surface area contributed by atoms with Gasteiger partial charge in [0, 0.05) is 7.05 Å². The summed E-state index contributed by atoms with van der Waals surface area (Å²) >= 11 is 5.27. The Morgan fingerprint density at radius 1 is 1.07 bits per heavy atom. The molecule has 0 fully saturated rings. The number of hydrazone groups is 1. The van der Waals surface area contributed by atoms with Crippen LogP contribution in [0, 0.1) is 13.8 Å². The van der Waals surface area contributed by atoms with E-state index in [2.05, 4.69) is 15.8 Å². The molecule has 0 saturated heterocycles. The first-order valence-corrected chi connectivity index (χ1v) is 8.89. The van der Waals surface area contributed by atoms with Crippen LogP contribution in [0.2, 0.25) is 0 Å². The Hall–Kier alpha value is -3.19. The zero-order valence-electron chi connectivity index (χ0n) is 15.4. The van der Waals surface area contributed by atoms with Gasteiger partial charge in [0.25, 0.3) is 5.56 Å². The van der Waals surface area contributed by atoms with E-state index < -0.39 is 0 Å². The van der Waals surface area contributed by atoms with Crippen LogP contribution in [0.15, 0.2) is 64.5 Å². The number of aryl methyl sites for hydroxylation is 1. The zero-order valence-corrected chi connectivity index (χ0v) is 16.2. The van der Waals surface area contributed by atoms with E-state index in [1.807, 2.05) is 75.5 Å². The van der Waals surface area contributed by atoms with Crippen molar-refractivity contribution in [1.82, 2.24) is 14.8 Å². The first kappa shape index (κ1) is 18.6. The molecule has 0 atom stereocenters. The maximum atomic E-state index is 12.8. The molecule has 27 heavy (non-hydrogen) atoms. The molecule has 138 valence electrons. The van der Waals surface area contributed by atoms with Gasteiger partial charge >= 0.3 is 0 Å². The molecule has 0 unspecified atom stereocenters. The first-order valence-electron chi connectivity index (χ1n) is 8.48.